The second-order valence-corrected chi connectivity index (χ2v) is 6.28. The second kappa shape index (κ2) is 5.91. The molecule has 1 fully saturated rings. The van der Waals surface area contributed by atoms with Crippen molar-refractivity contribution in [3.05, 3.63) is 29.6 Å². The highest BCUT2D eigenvalue weighted by atomic mass is 19.1. The van der Waals surface area contributed by atoms with Gasteiger partial charge in [0.15, 0.2) is 0 Å². The van der Waals surface area contributed by atoms with E-state index in [-0.39, 0.29) is 23.1 Å². The molecule has 118 valence electrons. The Morgan fingerprint density at radius 2 is 2.14 bits per heavy atom. The minimum Gasteiger partial charge on any atom is -0.508 e. The van der Waals surface area contributed by atoms with Gasteiger partial charge in [-0.25, -0.2) is 4.39 Å². The van der Waals surface area contributed by atoms with Gasteiger partial charge in [-0.1, -0.05) is 13.8 Å². The Balaban J connectivity index is 1.90. The zero-order valence-electron chi connectivity index (χ0n) is 12.8. The summed E-state index contributed by atoms with van der Waals surface area (Å²) in [4.78, 5) is 0. The highest BCUT2D eigenvalue weighted by Crippen LogP contribution is 2.50. The van der Waals surface area contributed by atoms with E-state index in [1.54, 1.807) is 0 Å². The van der Waals surface area contributed by atoms with Gasteiger partial charge in [0.1, 0.15) is 11.6 Å². The van der Waals surface area contributed by atoms with Gasteiger partial charge in [-0.2, -0.15) is 0 Å². The molecule has 1 saturated carbocycles. The molecule has 0 aliphatic heterocycles. The van der Waals surface area contributed by atoms with Crippen molar-refractivity contribution < 1.29 is 19.3 Å². The van der Waals surface area contributed by atoms with Crippen LogP contribution in [0.4, 0.5) is 4.39 Å². The predicted octanol–water partition coefficient (Wildman–Crippen LogP) is 2.19. The standard InChI is InChI=1S/C16H24FNO3/c1-4-21-14-8-16(20,15(14,2)3)10-18-9-11-7-12(17)5-6-13(11)19/h5-7,14,18-20H,4,8-10H2,1-3H3/t14-,16-/m0/s1. The highest BCUT2D eigenvalue weighted by Gasteiger charge is 2.59. The molecule has 0 unspecified atom stereocenters. The first-order valence-electron chi connectivity index (χ1n) is 7.32. The smallest absolute Gasteiger partial charge is 0.123 e. The Labute approximate surface area is 124 Å². The lowest BCUT2D eigenvalue weighted by Crippen LogP contribution is -2.68. The molecular weight excluding hydrogens is 273 g/mol. The van der Waals surface area contributed by atoms with Gasteiger partial charge in [0, 0.05) is 37.1 Å². The van der Waals surface area contributed by atoms with Crippen molar-refractivity contribution in [2.45, 2.75) is 45.4 Å². The van der Waals surface area contributed by atoms with Crippen molar-refractivity contribution in [2.75, 3.05) is 13.2 Å². The van der Waals surface area contributed by atoms with Crippen LogP contribution in [0.15, 0.2) is 18.2 Å². The Hall–Kier alpha value is -1.17. The number of benzene rings is 1. The lowest BCUT2D eigenvalue weighted by Gasteiger charge is -2.58. The van der Waals surface area contributed by atoms with Gasteiger partial charge < -0.3 is 20.3 Å². The minimum absolute atomic E-state index is 0.0518. The molecule has 5 heteroatoms. The number of phenols is 1. The van der Waals surface area contributed by atoms with E-state index in [1.807, 2.05) is 20.8 Å². The first kappa shape index (κ1) is 16.2. The van der Waals surface area contributed by atoms with Crippen LogP contribution in [0, 0.1) is 11.2 Å². The van der Waals surface area contributed by atoms with Gasteiger partial charge in [0.05, 0.1) is 11.7 Å². The van der Waals surface area contributed by atoms with Crippen molar-refractivity contribution >= 4 is 0 Å². The number of rotatable bonds is 6. The molecule has 0 aromatic heterocycles. The molecule has 0 amide bonds. The molecule has 3 N–H and O–H groups in total. The Kier molecular flexibility index (Phi) is 4.56. The van der Waals surface area contributed by atoms with Gasteiger partial charge in [0.25, 0.3) is 0 Å². The van der Waals surface area contributed by atoms with Crippen LogP contribution in [-0.4, -0.2) is 35.1 Å². The van der Waals surface area contributed by atoms with Crippen molar-refractivity contribution in [3.8, 4) is 5.75 Å². The third kappa shape index (κ3) is 3.05. The number of aromatic hydroxyl groups is 1. The predicted molar refractivity (Wildman–Crippen MR) is 78.5 cm³/mol. The molecule has 1 aromatic rings. The van der Waals surface area contributed by atoms with Crippen LogP contribution in [0.25, 0.3) is 0 Å². The van der Waals surface area contributed by atoms with E-state index in [1.165, 1.54) is 18.2 Å². The van der Waals surface area contributed by atoms with Crippen molar-refractivity contribution in [1.82, 2.24) is 5.32 Å². The number of hydrogen-bond donors (Lipinski definition) is 3. The zero-order chi connectivity index (χ0) is 15.7. The maximum Gasteiger partial charge on any atom is 0.123 e. The number of halogens is 1. The largest absolute Gasteiger partial charge is 0.508 e. The molecule has 2 atom stereocenters. The van der Waals surface area contributed by atoms with Crippen molar-refractivity contribution in [2.24, 2.45) is 5.41 Å². The average molecular weight is 297 g/mol. The number of aliphatic hydroxyl groups is 1. The minimum atomic E-state index is -0.851. The van der Waals surface area contributed by atoms with E-state index in [4.69, 9.17) is 4.74 Å². The summed E-state index contributed by atoms with van der Waals surface area (Å²) >= 11 is 0. The highest BCUT2D eigenvalue weighted by molar-refractivity contribution is 5.32. The van der Waals surface area contributed by atoms with Gasteiger partial charge >= 0.3 is 0 Å². The topological polar surface area (TPSA) is 61.7 Å². The Bertz CT molecular complexity index is 506. The molecule has 4 nitrogen and oxygen atoms in total. The Morgan fingerprint density at radius 1 is 1.43 bits per heavy atom. The third-order valence-corrected chi connectivity index (χ3v) is 4.67. The van der Waals surface area contributed by atoms with E-state index < -0.39 is 5.60 Å². The summed E-state index contributed by atoms with van der Waals surface area (Å²) in [6.45, 7) is 7.23. The molecule has 1 aliphatic rings. The van der Waals surface area contributed by atoms with Gasteiger partial charge in [-0.3, -0.25) is 0 Å². The number of hydrogen-bond acceptors (Lipinski definition) is 4. The normalized spacial score (nSPS) is 27.4. The summed E-state index contributed by atoms with van der Waals surface area (Å²) in [6, 6.07) is 3.84. The van der Waals surface area contributed by atoms with E-state index in [0.717, 1.165) is 0 Å². The molecule has 1 aromatic carbocycles. The summed E-state index contributed by atoms with van der Waals surface area (Å²) in [7, 11) is 0. The van der Waals surface area contributed by atoms with Crippen LogP contribution in [0.1, 0.15) is 32.8 Å². The average Bonchev–Trinajstić information content (AvgIpc) is 2.42. The van der Waals surface area contributed by atoms with Gasteiger partial charge in [-0.05, 0) is 25.1 Å². The van der Waals surface area contributed by atoms with Crippen LogP contribution in [0.3, 0.4) is 0 Å². The molecule has 0 bridgehead atoms. The maximum atomic E-state index is 13.1. The summed E-state index contributed by atoms with van der Waals surface area (Å²) < 4.78 is 18.8. The molecular formula is C16H24FNO3. The monoisotopic (exact) mass is 297 g/mol. The van der Waals surface area contributed by atoms with Crippen LogP contribution >= 0.6 is 0 Å². The first-order valence-corrected chi connectivity index (χ1v) is 7.32. The summed E-state index contributed by atoms with van der Waals surface area (Å²) in [5.41, 5.74) is -0.701. The molecule has 0 spiro atoms. The fourth-order valence-corrected chi connectivity index (χ4v) is 2.86. The zero-order valence-corrected chi connectivity index (χ0v) is 12.8. The summed E-state index contributed by atoms with van der Waals surface area (Å²) in [6.07, 6.45) is 0.632. The molecule has 0 radical (unpaired) electrons. The number of phenolic OH excluding ortho intramolecular Hbond substituents is 1. The molecule has 0 heterocycles. The van der Waals surface area contributed by atoms with E-state index >= 15 is 0 Å². The summed E-state index contributed by atoms with van der Waals surface area (Å²) in [5.74, 6) is -0.334. The van der Waals surface area contributed by atoms with Crippen LogP contribution in [0.2, 0.25) is 0 Å². The van der Waals surface area contributed by atoms with Crippen LogP contribution < -0.4 is 5.32 Å². The van der Waals surface area contributed by atoms with Gasteiger partial charge in [-0.15, -0.1) is 0 Å². The SMILES string of the molecule is CCO[C@H]1C[C@](O)(CNCc2cc(F)ccc2O)C1(C)C. The quantitative estimate of drug-likeness (QED) is 0.753. The fraction of sp³-hybridized carbons (Fsp3) is 0.625. The van der Waals surface area contributed by atoms with E-state index in [0.29, 0.717) is 31.7 Å². The molecule has 2 rings (SSSR count). The maximum absolute atomic E-state index is 13.1. The lowest BCUT2D eigenvalue weighted by atomic mass is 9.56. The van der Waals surface area contributed by atoms with E-state index in [9.17, 15) is 14.6 Å². The number of nitrogens with one attached hydrogen (secondary N) is 1. The fourth-order valence-electron chi connectivity index (χ4n) is 2.86. The van der Waals surface area contributed by atoms with Crippen molar-refractivity contribution in [3.63, 3.8) is 0 Å². The molecule has 0 saturated heterocycles. The summed E-state index contributed by atoms with van der Waals surface area (Å²) in [5, 5.41) is 23.4. The Morgan fingerprint density at radius 3 is 2.76 bits per heavy atom. The second-order valence-electron chi connectivity index (χ2n) is 6.28. The third-order valence-electron chi connectivity index (χ3n) is 4.67. The number of ether oxygens (including phenoxy) is 1. The van der Waals surface area contributed by atoms with E-state index in [2.05, 4.69) is 5.32 Å². The van der Waals surface area contributed by atoms with Crippen LogP contribution in [0.5, 0.6) is 5.75 Å². The van der Waals surface area contributed by atoms with Gasteiger partial charge in [0.2, 0.25) is 0 Å². The van der Waals surface area contributed by atoms with Crippen molar-refractivity contribution in [1.29, 1.82) is 0 Å². The first-order chi connectivity index (χ1) is 9.80. The van der Waals surface area contributed by atoms with Crippen LogP contribution in [-0.2, 0) is 11.3 Å². The lowest BCUT2D eigenvalue weighted by molar-refractivity contribution is -0.238. The molecule has 21 heavy (non-hydrogen) atoms. The molecule has 1 aliphatic carbocycles.